The molecular weight excluding hydrogens is 410 g/mol. The lowest BCUT2D eigenvalue weighted by atomic mass is 10.2. The predicted molar refractivity (Wildman–Crippen MR) is 104 cm³/mol. The number of nitrogens with zero attached hydrogens (tertiary/aromatic N) is 2. The largest absolute Gasteiger partial charge is 0.403 e. The number of carbonyl (C=O) groups excluding carboxylic acids is 1. The van der Waals surface area contributed by atoms with Crippen LogP contribution in [0.5, 0.6) is 0 Å². The van der Waals surface area contributed by atoms with Crippen LogP contribution >= 0.6 is 22.9 Å². The first-order chi connectivity index (χ1) is 12.8. The maximum atomic E-state index is 12.3. The molecule has 142 valence electrons. The number of anilines is 1. The molecule has 0 spiro atoms. The van der Waals surface area contributed by atoms with E-state index in [9.17, 15) is 13.2 Å². The first-order valence-electron chi connectivity index (χ1n) is 7.97. The van der Waals surface area contributed by atoms with Gasteiger partial charge in [0, 0.05) is 10.4 Å². The molecule has 0 saturated carbocycles. The molecule has 1 amide bonds. The van der Waals surface area contributed by atoms with E-state index in [2.05, 4.69) is 15.5 Å². The fraction of sp³-hybridized carbons (Fsp3) is 0.235. The quantitative estimate of drug-likeness (QED) is 0.644. The van der Waals surface area contributed by atoms with Gasteiger partial charge in [-0.05, 0) is 44.2 Å². The minimum atomic E-state index is -3.42. The number of nitrogens with one attached hydrogen (secondary N) is 1. The number of aromatic nitrogens is 2. The highest BCUT2D eigenvalue weighted by molar-refractivity contribution is 7.92. The van der Waals surface area contributed by atoms with E-state index in [-0.39, 0.29) is 29.1 Å². The highest BCUT2D eigenvalue weighted by Crippen LogP contribution is 2.25. The molecule has 0 saturated heterocycles. The first-order valence-corrected chi connectivity index (χ1v) is 10.7. The number of hydrogen-bond donors (Lipinski definition) is 1. The van der Waals surface area contributed by atoms with Crippen molar-refractivity contribution in [1.29, 1.82) is 0 Å². The van der Waals surface area contributed by atoms with Crippen molar-refractivity contribution in [2.24, 2.45) is 0 Å². The van der Waals surface area contributed by atoms with E-state index in [0.29, 0.717) is 9.90 Å². The van der Waals surface area contributed by atoms with Gasteiger partial charge in [-0.2, -0.15) is 0 Å². The van der Waals surface area contributed by atoms with Gasteiger partial charge in [0.2, 0.25) is 11.8 Å². The minimum absolute atomic E-state index is 0.0604. The number of hydrogen-bond acceptors (Lipinski definition) is 7. The number of sulfone groups is 1. The molecule has 0 unspecified atom stereocenters. The number of halogens is 1. The first kappa shape index (κ1) is 19.5. The van der Waals surface area contributed by atoms with Crippen LogP contribution in [0.15, 0.2) is 45.7 Å². The van der Waals surface area contributed by atoms with Crippen molar-refractivity contribution >= 4 is 44.7 Å². The number of carbonyl (C=O) groups is 1. The lowest BCUT2D eigenvalue weighted by Gasteiger charge is -2.08. The third kappa shape index (κ3) is 4.55. The minimum Gasteiger partial charge on any atom is -0.403 e. The van der Waals surface area contributed by atoms with Gasteiger partial charge in [-0.3, -0.25) is 10.1 Å². The molecule has 7 nitrogen and oxygen atoms in total. The zero-order chi connectivity index (χ0) is 19.6. The third-order valence-electron chi connectivity index (χ3n) is 3.67. The Hall–Kier alpha value is -2.23. The fourth-order valence-electron chi connectivity index (χ4n) is 2.24. The summed E-state index contributed by atoms with van der Waals surface area (Å²) in [5, 5.41) is 9.63. The molecule has 0 fully saturated rings. The van der Waals surface area contributed by atoms with Gasteiger partial charge in [0.1, 0.15) is 0 Å². The van der Waals surface area contributed by atoms with Gasteiger partial charge < -0.3 is 4.42 Å². The molecule has 27 heavy (non-hydrogen) atoms. The maximum Gasteiger partial charge on any atom is 0.322 e. The summed E-state index contributed by atoms with van der Waals surface area (Å²) in [5.74, 6) is -0.204. The van der Waals surface area contributed by atoms with Crippen molar-refractivity contribution in [3.05, 3.63) is 45.6 Å². The lowest BCUT2D eigenvalue weighted by Crippen LogP contribution is -2.14. The molecule has 0 bridgehead atoms. The molecule has 2 aromatic heterocycles. The van der Waals surface area contributed by atoms with E-state index in [1.165, 1.54) is 23.5 Å². The zero-order valence-electron chi connectivity index (χ0n) is 14.5. The van der Waals surface area contributed by atoms with Crippen LogP contribution in [-0.4, -0.2) is 29.8 Å². The number of rotatable bonds is 6. The Bertz CT molecular complexity index is 1070. The molecule has 0 radical (unpaired) electrons. The summed E-state index contributed by atoms with van der Waals surface area (Å²) >= 11 is 7.16. The van der Waals surface area contributed by atoms with Gasteiger partial charge in [-0.15, -0.1) is 16.4 Å². The van der Waals surface area contributed by atoms with Crippen LogP contribution < -0.4 is 5.32 Å². The second kappa shape index (κ2) is 7.79. The predicted octanol–water partition coefficient (Wildman–Crippen LogP) is 3.81. The van der Waals surface area contributed by atoms with E-state index in [4.69, 9.17) is 16.0 Å². The third-order valence-corrected chi connectivity index (χ3v) is 7.05. The zero-order valence-corrected chi connectivity index (χ0v) is 16.9. The van der Waals surface area contributed by atoms with Crippen molar-refractivity contribution < 1.29 is 17.6 Å². The molecular formula is C17H16ClN3O4S2. The van der Waals surface area contributed by atoms with Crippen molar-refractivity contribution in [3.8, 4) is 11.5 Å². The molecule has 10 heteroatoms. The fourth-order valence-corrected chi connectivity index (χ4v) is 4.43. The summed E-state index contributed by atoms with van der Waals surface area (Å²) in [6, 6.07) is 9.69. The second-order valence-corrected chi connectivity index (χ2v) is 10.3. The Kier molecular flexibility index (Phi) is 5.64. The molecule has 3 rings (SSSR count). The van der Waals surface area contributed by atoms with Crippen LogP contribution in [0.1, 0.15) is 18.7 Å². The molecule has 0 aliphatic carbocycles. The normalized spacial score (nSPS) is 11.7. The summed E-state index contributed by atoms with van der Waals surface area (Å²) in [6.07, 6.45) is 0.136. The average molecular weight is 426 g/mol. The molecule has 3 aromatic rings. The summed E-state index contributed by atoms with van der Waals surface area (Å²) < 4.78 is 30.7. The molecule has 2 heterocycles. The van der Waals surface area contributed by atoms with E-state index < -0.39 is 15.1 Å². The smallest absolute Gasteiger partial charge is 0.322 e. The van der Waals surface area contributed by atoms with Gasteiger partial charge in [-0.1, -0.05) is 22.8 Å². The van der Waals surface area contributed by atoms with Crippen LogP contribution in [0.25, 0.3) is 11.5 Å². The SMILES string of the molecule is CC(C)S(=O)(=O)c1cccc(-c2nnc(NC(=O)Cc3ccc(Cl)s3)o2)c1. The van der Waals surface area contributed by atoms with Crippen LogP contribution in [0.4, 0.5) is 6.01 Å². The highest BCUT2D eigenvalue weighted by atomic mass is 35.5. The second-order valence-electron chi connectivity index (χ2n) is 5.96. The average Bonchev–Trinajstić information content (AvgIpc) is 3.24. The molecule has 0 aliphatic rings. The van der Waals surface area contributed by atoms with Gasteiger partial charge in [-0.25, -0.2) is 8.42 Å². The summed E-state index contributed by atoms with van der Waals surface area (Å²) in [6.45, 7) is 3.23. The van der Waals surface area contributed by atoms with Crippen LogP contribution in [-0.2, 0) is 21.1 Å². The maximum absolute atomic E-state index is 12.3. The highest BCUT2D eigenvalue weighted by Gasteiger charge is 2.20. The van der Waals surface area contributed by atoms with Crippen molar-refractivity contribution in [2.45, 2.75) is 30.4 Å². The standard InChI is InChI=1S/C17H16ClN3O4S2/c1-10(2)27(23,24)13-5-3-4-11(8-13)16-20-21-17(25-16)19-15(22)9-12-6-7-14(18)26-12/h3-8,10H,9H2,1-2H3,(H,19,21,22). The monoisotopic (exact) mass is 425 g/mol. The number of amides is 1. The van der Waals surface area contributed by atoms with E-state index in [0.717, 1.165) is 4.88 Å². The van der Waals surface area contributed by atoms with Crippen molar-refractivity contribution in [2.75, 3.05) is 5.32 Å². The Balaban J connectivity index is 1.75. The van der Waals surface area contributed by atoms with E-state index in [1.54, 1.807) is 38.1 Å². The van der Waals surface area contributed by atoms with Crippen LogP contribution in [0.2, 0.25) is 4.34 Å². The van der Waals surface area contributed by atoms with Gasteiger partial charge in [0.25, 0.3) is 0 Å². The van der Waals surface area contributed by atoms with E-state index >= 15 is 0 Å². The molecule has 0 atom stereocenters. The summed E-state index contributed by atoms with van der Waals surface area (Å²) in [4.78, 5) is 13.0. The van der Waals surface area contributed by atoms with E-state index in [1.807, 2.05) is 0 Å². The Morgan fingerprint density at radius 1 is 1.26 bits per heavy atom. The van der Waals surface area contributed by atoms with Gasteiger partial charge in [0.05, 0.1) is 20.9 Å². The molecule has 1 aromatic carbocycles. The van der Waals surface area contributed by atoms with Crippen molar-refractivity contribution in [3.63, 3.8) is 0 Å². The Labute approximate surface area is 165 Å². The Morgan fingerprint density at radius 2 is 2.04 bits per heavy atom. The molecule has 0 aliphatic heterocycles. The topological polar surface area (TPSA) is 102 Å². The summed E-state index contributed by atoms with van der Waals surface area (Å²) in [7, 11) is -3.42. The Morgan fingerprint density at radius 3 is 2.70 bits per heavy atom. The summed E-state index contributed by atoms with van der Waals surface area (Å²) in [5.41, 5.74) is 0.453. The molecule has 1 N–H and O–H groups in total. The van der Waals surface area contributed by atoms with Gasteiger partial charge in [0.15, 0.2) is 9.84 Å². The van der Waals surface area contributed by atoms with Crippen LogP contribution in [0.3, 0.4) is 0 Å². The number of thiophene rings is 1. The van der Waals surface area contributed by atoms with Crippen molar-refractivity contribution in [1.82, 2.24) is 10.2 Å². The lowest BCUT2D eigenvalue weighted by molar-refractivity contribution is -0.115. The van der Waals surface area contributed by atoms with Gasteiger partial charge >= 0.3 is 6.01 Å². The number of benzene rings is 1. The van der Waals surface area contributed by atoms with Crippen LogP contribution in [0, 0.1) is 0 Å².